The van der Waals surface area contributed by atoms with Crippen molar-refractivity contribution in [3.8, 4) is 11.4 Å². The molecule has 15 rings (SSSR count). The highest BCUT2D eigenvalue weighted by molar-refractivity contribution is 9.11. The fourth-order valence-corrected chi connectivity index (χ4v) is 15.5. The average molecular weight is 1350 g/mol. The van der Waals surface area contributed by atoms with Crippen molar-refractivity contribution >= 4 is 144 Å². The predicted octanol–water partition coefficient (Wildman–Crippen LogP) is 25.8. The van der Waals surface area contributed by atoms with Gasteiger partial charge in [-0.25, -0.2) is 0 Å². The standard InChI is InChI=1S/C86H70Br2N6/c1-55-29-37-77(59(5)45-55)89(63-21-13-9-14-22-63)67-33-41-81-71(49-67)72-50-68(90(64-23-15-10-16-24-64)78-38-30-56(2)46-60(78)6)34-42-82(72)93(81)85-54-86(76(88)53-75(85)87)94-83-43-35-69(91(65-25-17-11-18-26-65)79-39-31-57(3)47-61(79)7)51-73(83)74-52-70(36-44-84(74)94)92(66-27-19-12-20-28-66)80-40-32-58(4)48-62(80)8/h9-54H,1-8H3. The number of rotatable bonds is 14. The van der Waals surface area contributed by atoms with Gasteiger partial charge in [-0.3, -0.25) is 0 Å². The smallest absolute Gasteiger partial charge is 0.0625 e. The Bertz CT molecular complexity index is 4770. The van der Waals surface area contributed by atoms with Crippen LogP contribution in [-0.2, 0) is 0 Å². The minimum atomic E-state index is 0.946. The Morgan fingerprint density at radius 1 is 0.223 bits per heavy atom. The quantitative estimate of drug-likeness (QED) is 0.108. The molecule has 0 unspecified atom stereocenters. The van der Waals surface area contributed by atoms with Gasteiger partial charge in [0.2, 0.25) is 0 Å². The number of nitrogens with zero attached hydrogens (tertiary/aromatic N) is 6. The molecule has 0 atom stereocenters. The summed E-state index contributed by atoms with van der Waals surface area (Å²) in [7, 11) is 0. The van der Waals surface area contributed by atoms with Crippen LogP contribution in [-0.4, -0.2) is 9.13 Å². The molecule has 0 radical (unpaired) electrons. The van der Waals surface area contributed by atoms with Crippen LogP contribution in [0.1, 0.15) is 44.5 Å². The molecule has 8 heteroatoms. The minimum Gasteiger partial charge on any atom is -0.310 e. The number of hydrogen-bond donors (Lipinski definition) is 0. The third-order valence-corrected chi connectivity index (χ3v) is 19.7. The van der Waals surface area contributed by atoms with Gasteiger partial charge in [0.1, 0.15) is 0 Å². The molecule has 0 saturated heterocycles. The van der Waals surface area contributed by atoms with Crippen molar-refractivity contribution in [1.29, 1.82) is 0 Å². The van der Waals surface area contributed by atoms with Crippen molar-refractivity contribution in [3.05, 3.63) is 333 Å². The number of fused-ring (bicyclic) bond motifs is 6. The minimum absolute atomic E-state index is 0.946. The van der Waals surface area contributed by atoms with E-state index in [1.54, 1.807) is 0 Å². The molecule has 0 aliphatic carbocycles. The van der Waals surface area contributed by atoms with Gasteiger partial charge < -0.3 is 28.7 Å². The van der Waals surface area contributed by atoms with Gasteiger partial charge in [-0.05, 0) is 267 Å². The Kier molecular flexibility index (Phi) is 15.7. The van der Waals surface area contributed by atoms with Crippen molar-refractivity contribution in [3.63, 3.8) is 0 Å². The Labute approximate surface area is 567 Å². The van der Waals surface area contributed by atoms with E-state index >= 15 is 0 Å². The highest BCUT2D eigenvalue weighted by Crippen LogP contribution is 2.49. The molecule has 458 valence electrons. The van der Waals surface area contributed by atoms with E-state index < -0.39 is 0 Å². The van der Waals surface area contributed by atoms with Gasteiger partial charge in [0.25, 0.3) is 0 Å². The van der Waals surface area contributed by atoms with E-state index in [0.717, 1.165) is 132 Å². The van der Waals surface area contributed by atoms with Crippen molar-refractivity contribution < 1.29 is 0 Å². The number of anilines is 12. The maximum Gasteiger partial charge on any atom is 0.0625 e. The number of benzene rings is 13. The van der Waals surface area contributed by atoms with Gasteiger partial charge in [0.15, 0.2) is 0 Å². The number of hydrogen-bond acceptors (Lipinski definition) is 4. The van der Waals surface area contributed by atoms with Crippen LogP contribution in [0.5, 0.6) is 0 Å². The SMILES string of the molecule is Cc1ccc(N(c2ccccc2)c2ccc3c(c2)c2cc(N(c4ccccc4)c4ccc(C)cc4C)ccc2n3-c2cc(-n3c4ccc(N(c5ccccc5)c5ccc(C)cc5C)cc4c4cc(N(c5ccccc5)c5ccc(C)cc5C)ccc43)c(Br)cc2Br)c(C)c1. The first kappa shape index (κ1) is 59.9. The highest BCUT2D eigenvalue weighted by Gasteiger charge is 2.27. The molecular formula is C86H70Br2N6. The summed E-state index contributed by atoms with van der Waals surface area (Å²) >= 11 is 8.47. The molecule has 2 heterocycles. The molecule has 0 bridgehead atoms. The topological polar surface area (TPSA) is 22.8 Å². The van der Waals surface area contributed by atoms with Gasteiger partial charge in [0.05, 0.1) is 33.4 Å². The fourth-order valence-electron chi connectivity index (χ4n) is 14.2. The zero-order valence-corrected chi connectivity index (χ0v) is 57.2. The van der Waals surface area contributed by atoms with Crippen LogP contribution >= 0.6 is 31.9 Å². The van der Waals surface area contributed by atoms with Crippen LogP contribution in [0.3, 0.4) is 0 Å². The van der Waals surface area contributed by atoms with E-state index in [9.17, 15) is 0 Å². The second-order valence-electron chi connectivity index (χ2n) is 25.1. The van der Waals surface area contributed by atoms with E-state index in [1.807, 2.05) is 0 Å². The van der Waals surface area contributed by atoms with Crippen LogP contribution in [0.15, 0.2) is 288 Å². The van der Waals surface area contributed by atoms with Crippen LogP contribution in [0.25, 0.3) is 55.0 Å². The molecule has 0 aliphatic heterocycles. The summed E-state index contributed by atoms with van der Waals surface area (Å²) in [5.41, 5.74) is 29.2. The van der Waals surface area contributed by atoms with Crippen molar-refractivity contribution in [2.24, 2.45) is 0 Å². The van der Waals surface area contributed by atoms with Gasteiger partial charge >= 0.3 is 0 Å². The van der Waals surface area contributed by atoms with Gasteiger partial charge in [-0.1, -0.05) is 144 Å². The Morgan fingerprint density at radius 2 is 0.457 bits per heavy atom. The van der Waals surface area contributed by atoms with E-state index in [4.69, 9.17) is 0 Å². The number of aromatic nitrogens is 2. The lowest BCUT2D eigenvalue weighted by atomic mass is 10.1. The molecule has 15 aromatic rings. The Morgan fingerprint density at radius 3 is 0.681 bits per heavy atom. The maximum atomic E-state index is 4.23. The third kappa shape index (κ3) is 10.8. The molecule has 2 aromatic heterocycles. The molecule has 0 saturated carbocycles. The summed E-state index contributed by atoms with van der Waals surface area (Å²) in [5.74, 6) is 0. The first-order valence-corrected chi connectivity index (χ1v) is 33.7. The summed E-state index contributed by atoms with van der Waals surface area (Å²) in [6.07, 6.45) is 0. The molecule has 13 aromatic carbocycles. The number of aryl methyl sites for hydroxylation is 8. The lowest BCUT2D eigenvalue weighted by Gasteiger charge is -2.27. The van der Waals surface area contributed by atoms with Gasteiger partial charge in [0, 0.05) is 98.7 Å². The number of halogens is 2. The van der Waals surface area contributed by atoms with E-state index in [2.05, 4.69) is 395 Å². The molecule has 6 nitrogen and oxygen atoms in total. The molecule has 0 fully saturated rings. The molecule has 0 aliphatic rings. The first-order valence-electron chi connectivity index (χ1n) is 32.1. The maximum absolute atomic E-state index is 4.23. The van der Waals surface area contributed by atoms with Crippen LogP contribution in [0.2, 0.25) is 0 Å². The summed E-state index contributed by atoms with van der Waals surface area (Å²) in [5, 5.41) is 4.50. The van der Waals surface area contributed by atoms with E-state index in [0.29, 0.717) is 0 Å². The summed E-state index contributed by atoms with van der Waals surface area (Å²) in [6.45, 7) is 17.5. The normalized spacial score (nSPS) is 11.5. The summed E-state index contributed by atoms with van der Waals surface area (Å²) in [6, 6.07) is 103. The zero-order valence-electron chi connectivity index (χ0n) is 54.0. The van der Waals surface area contributed by atoms with Crippen molar-refractivity contribution in [2.45, 2.75) is 55.4 Å². The first-order chi connectivity index (χ1) is 45.7. The van der Waals surface area contributed by atoms with Crippen molar-refractivity contribution in [1.82, 2.24) is 9.13 Å². The molecule has 0 spiro atoms. The van der Waals surface area contributed by atoms with Crippen LogP contribution < -0.4 is 19.6 Å². The Hall–Kier alpha value is -10.4. The molecule has 94 heavy (non-hydrogen) atoms. The molecule has 0 amide bonds. The summed E-state index contributed by atoms with van der Waals surface area (Å²) in [4.78, 5) is 9.62. The van der Waals surface area contributed by atoms with Crippen molar-refractivity contribution in [2.75, 3.05) is 19.6 Å². The van der Waals surface area contributed by atoms with Crippen LogP contribution in [0.4, 0.5) is 68.2 Å². The van der Waals surface area contributed by atoms with E-state index in [1.165, 1.54) is 44.5 Å². The monoisotopic (exact) mass is 1340 g/mol. The summed E-state index contributed by atoms with van der Waals surface area (Å²) < 4.78 is 6.81. The Balaban J connectivity index is 0.988. The lowest BCUT2D eigenvalue weighted by Crippen LogP contribution is -2.11. The zero-order chi connectivity index (χ0) is 64.5. The third-order valence-electron chi connectivity index (χ3n) is 18.4. The predicted molar refractivity (Wildman–Crippen MR) is 407 cm³/mol. The second-order valence-corrected chi connectivity index (χ2v) is 26.8. The lowest BCUT2D eigenvalue weighted by molar-refractivity contribution is 1.12. The van der Waals surface area contributed by atoms with E-state index in [-0.39, 0.29) is 0 Å². The molecule has 0 N–H and O–H groups in total. The average Bonchev–Trinajstić information content (AvgIpc) is 1.58. The highest BCUT2D eigenvalue weighted by atomic mass is 79.9. The second kappa shape index (κ2) is 24.6. The van der Waals surface area contributed by atoms with Gasteiger partial charge in [-0.2, -0.15) is 0 Å². The van der Waals surface area contributed by atoms with Gasteiger partial charge in [-0.15, -0.1) is 0 Å². The number of para-hydroxylation sites is 4. The fraction of sp³-hybridized carbons (Fsp3) is 0.0930. The molecular weight excluding hydrogens is 1280 g/mol. The van der Waals surface area contributed by atoms with Crippen LogP contribution in [0, 0.1) is 55.4 Å². The largest absolute Gasteiger partial charge is 0.310 e.